The summed E-state index contributed by atoms with van der Waals surface area (Å²) in [6.45, 7) is 3.48. The summed E-state index contributed by atoms with van der Waals surface area (Å²) in [6.07, 6.45) is 0. The zero-order valence-corrected chi connectivity index (χ0v) is 19.2. The highest BCUT2D eigenvalue weighted by atomic mass is 16.5. The largest absolute Gasteiger partial charge is 0.496 e. The van der Waals surface area contributed by atoms with Crippen molar-refractivity contribution in [1.29, 1.82) is 0 Å². The average molecular weight is 456 g/mol. The molecule has 0 bridgehead atoms. The van der Waals surface area contributed by atoms with E-state index in [1.54, 1.807) is 37.4 Å². The van der Waals surface area contributed by atoms with E-state index in [4.69, 9.17) is 4.74 Å². The second-order valence-electron chi connectivity index (χ2n) is 8.01. The third kappa shape index (κ3) is 4.68. The van der Waals surface area contributed by atoms with Crippen LogP contribution in [0.5, 0.6) is 5.75 Å². The van der Waals surface area contributed by atoms with Crippen molar-refractivity contribution in [2.24, 2.45) is 0 Å². The Morgan fingerprint density at radius 1 is 0.882 bits per heavy atom. The molecule has 1 aliphatic rings. The predicted octanol–water partition coefficient (Wildman–Crippen LogP) is 4.35. The van der Waals surface area contributed by atoms with Crippen molar-refractivity contribution < 1.29 is 19.1 Å². The zero-order valence-electron chi connectivity index (χ0n) is 19.2. The first-order valence-electron chi connectivity index (χ1n) is 10.8. The van der Waals surface area contributed by atoms with Crippen molar-refractivity contribution >= 4 is 34.7 Å². The van der Waals surface area contributed by atoms with E-state index in [0.29, 0.717) is 28.3 Å². The molecule has 0 aromatic heterocycles. The maximum atomic E-state index is 13.5. The van der Waals surface area contributed by atoms with Crippen LogP contribution in [0, 0.1) is 6.92 Å². The van der Waals surface area contributed by atoms with Gasteiger partial charge >= 0.3 is 0 Å². The lowest BCUT2D eigenvalue weighted by Gasteiger charge is -2.17. The van der Waals surface area contributed by atoms with Gasteiger partial charge in [0.25, 0.3) is 11.8 Å². The number of anilines is 2. The number of benzene rings is 3. The summed E-state index contributed by atoms with van der Waals surface area (Å²) in [5.41, 5.74) is 4.21. The third-order valence-electron chi connectivity index (χ3n) is 5.50. The van der Waals surface area contributed by atoms with Gasteiger partial charge in [-0.3, -0.25) is 19.3 Å². The van der Waals surface area contributed by atoms with Gasteiger partial charge in [0.1, 0.15) is 11.4 Å². The maximum Gasteiger partial charge on any atom is 0.278 e. The molecule has 172 valence electrons. The molecule has 0 fully saturated rings. The Labute approximate surface area is 198 Å². The molecule has 1 aliphatic heterocycles. The van der Waals surface area contributed by atoms with Gasteiger partial charge in [-0.25, -0.2) is 0 Å². The van der Waals surface area contributed by atoms with Gasteiger partial charge in [0, 0.05) is 23.9 Å². The molecular weight excluding hydrogens is 430 g/mol. The van der Waals surface area contributed by atoms with Crippen LogP contribution in [-0.2, 0) is 20.9 Å². The topological polar surface area (TPSA) is 87.7 Å². The Morgan fingerprint density at radius 3 is 2.18 bits per heavy atom. The molecule has 3 amide bonds. The number of imide groups is 1. The lowest BCUT2D eigenvalue weighted by atomic mass is 10.0. The molecule has 0 unspecified atom stereocenters. The number of carbonyl (C=O) groups is 3. The highest BCUT2D eigenvalue weighted by Crippen LogP contribution is 2.33. The van der Waals surface area contributed by atoms with Crippen LogP contribution < -0.4 is 15.4 Å². The fourth-order valence-corrected chi connectivity index (χ4v) is 3.81. The molecule has 7 nitrogen and oxygen atoms in total. The summed E-state index contributed by atoms with van der Waals surface area (Å²) < 4.78 is 5.40. The molecule has 0 saturated carbocycles. The molecule has 2 N–H and O–H groups in total. The summed E-state index contributed by atoms with van der Waals surface area (Å²) in [7, 11) is 1.56. The number of nitrogens with one attached hydrogen (secondary N) is 2. The van der Waals surface area contributed by atoms with Crippen LogP contribution in [0.15, 0.2) is 78.5 Å². The van der Waals surface area contributed by atoms with Crippen molar-refractivity contribution in [2.75, 3.05) is 17.7 Å². The molecular formula is C27H25N3O4. The van der Waals surface area contributed by atoms with Crippen molar-refractivity contribution in [3.05, 3.63) is 95.2 Å². The Balaban J connectivity index is 1.70. The van der Waals surface area contributed by atoms with E-state index in [2.05, 4.69) is 10.6 Å². The number of nitrogens with zero attached hydrogens (tertiary/aromatic N) is 1. The van der Waals surface area contributed by atoms with E-state index in [-0.39, 0.29) is 24.1 Å². The van der Waals surface area contributed by atoms with Crippen molar-refractivity contribution in [1.82, 2.24) is 4.90 Å². The zero-order chi connectivity index (χ0) is 24.2. The smallest absolute Gasteiger partial charge is 0.278 e. The Kier molecular flexibility index (Phi) is 6.45. The third-order valence-corrected chi connectivity index (χ3v) is 5.50. The van der Waals surface area contributed by atoms with Crippen molar-refractivity contribution in [3.8, 4) is 5.75 Å². The number of aryl methyl sites for hydroxylation is 1. The lowest BCUT2D eigenvalue weighted by Crippen LogP contribution is -2.32. The van der Waals surface area contributed by atoms with E-state index in [0.717, 1.165) is 11.1 Å². The van der Waals surface area contributed by atoms with Crippen LogP contribution in [0.3, 0.4) is 0 Å². The van der Waals surface area contributed by atoms with Gasteiger partial charge in [-0.15, -0.1) is 0 Å². The summed E-state index contributed by atoms with van der Waals surface area (Å²) in [5, 5.41) is 5.84. The lowest BCUT2D eigenvalue weighted by molar-refractivity contribution is -0.137. The number of hydrogen-bond acceptors (Lipinski definition) is 5. The molecule has 3 aromatic rings. The highest BCUT2D eigenvalue weighted by Gasteiger charge is 2.39. The molecule has 34 heavy (non-hydrogen) atoms. The summed E-state index contributed by atoms with van der Waals surface area (Å²) in [6, 6.07) is 21.7. The SMILES string of the molecule is COc1ccccc1CN1C(=O)C(Nc2ccc(NC(C)=O)cc2)=C(c2ccc(C)cc2)C1=O. The van der Waals surface area contributed by atoms with Crippen LogP contribution in [0.1, 0.15) is 23.6 Å². The second-order valence-corrected chi connectivity index (χ2v) is 8.01. The number of ether oxygens (including phenoxy) is 1. The monoisotopic (exact) mass is 455 g/mol. The molecule has 0 aliphatic carbocycles. The van der Waals surface area contributed by atoms with Crippen LogP contribution >= 0.6 is 0 Å². The Hall–Kier alpha value is -4.39. The predicted molar refractivity (Wildman–Crippen MR) is 131 cm³/mol. The molecule has 4 rings (SSSR count). The van der Waals surface area contributed by atoms with Gasteiger partial charge < -0.3 is 15.4 Å². The van der Waals surface area contributed by atoms with E-state index < -0.39 is 5.91 Å². The van der Waals surface area contributed by atoms with Crippen molar-refractivity contribution in [3.63, 3.8) is 0 Å². The minimum Gasteiger partial charge on any atom is -0.496 e. The number of hydrogen-bond donors (Lipinski definition) is 2. The summed E-state index contributed by atoms with van der Waals surface area (Å²) in [4.78, 5) is 39.5. The molecule has 7 heteroatoms. The van der Waals surface area contributed by atoms with Gasteiger partial charge in [-0.05, 0) is 42.8 Å². The average Bonchev–Trinajstić information content (AvgIpc) is 3.05. The quantitative estimate of drug-likeness (QED) is 0.517. The fraction of sp³-hybridized carbons (Fsp3) is 0.148. The van der Waals surface area contributed by atoms with Gasteiger partial charge in [0.15, 0.2) is 0 Å². The molecule has 3 aromatic carbocycles. The van der Waals surface area contributed by atoms with E-state index in [9.17, 15) is 14.4 Å². The molecule has 0 saturated heterocycles. The van der Waals surface area contributed by atoms with E-state index in [1.807, 2.05) is 49.4 Å². The van der Waals surface area contributed by atoms with Gasteiger partial charge in [-0.1, -0.05) is 48.0 Å². The maximum absolute atomic E-state index is 13.5. The van der Waals surface area contributed by atoms with Gasteiger partial charge in [-0.2, -0.15) is 0 Å². The van der Waals surface area contributed by atoms with Crippen LogP contribution in [0.25, 0.3) is 5.57 Å². The number of methoxy groups -OCH3 is 1. The molecule has 0 spiro atoms. The second kappa shape index (κ2) is 9.62. The number of para-hydroxylation sites is 1. The summed E-state index contributed by atoms with van der Waals surface area (Å²) in [5.74, 6) is -0.363. The highest BCUT2D eigenvalue weighted by molar-refractivity contribution is 6.36. The van der Waals surface area contributed by atoms with Crippen molar-refractivity contribution in [2.45, 2.75) is 20.4 Å². The minimum atomic E-state index is -0.419. The van der Waals surface area contributed by atoms with Crippen LogP contribution in [0.4, 0.5) is 11.4 Å². The standard InChI is InChI=1S/C27H25N3O4/c1-17-8-10-19(11-9-17)24-25(29-22-14-12-21(13-15-22)28-18(2)31)27(33)30(26(24)32)16-20-6-4-5-7-23(20)34-3/h4-15,29H,16H2,1-3H3,(H,28,31). The number of carbonyl (C=O) groups excluding carboxylic acids is 3. The van der Waals surface area contributed by atoms with E-state index in [1.165, 1.54) is 11.8 Å². The first-order valence-corrected chi connectivity index (χ1v) is 10.8. The molecule has 0 radical (unpaired) electrons. The molecule has 0 atom stereocenters. The Morgan fingerprint density at radius 2 is 1.53 bits per heavy atom. The van der Waals surface area contributed by atoms with Crippen LogP contribution in [0.2, 0.25) is 0 Å². The summed E-state index contributed by atoms with van der Waals surface area (Å²) >= 11 is 0. The first-order chi connectivity index (χ1) is 16.4. The minimum absolute atomic E-state index is 0.0870. The van der Waals surface area contributed by atoms with Crippen LogP contribution in [-0.4, -0.2) is 29.7 Å². The number of amides is 3. The first kappa shape index (κ1) is 22.8. The fourth-order valence-electron chi connectivity index (χ4n) is 3.81. The van der Waals surface area contributed by atoms with Gasteiger partial charge in [0.2, 0.25) is 5.91 Å². The van der Waals surface area contributed by atoms with Gasteiger partial charge in [0.05, 0.1) is 19.2 Å². The molecule has 1 heterocycles. The normalized spacial score (nSPS) is 13.3. The number of rotatable bonds is 7. The Bertz CT molecular complexity index is 1280. The van der Waals surface area contributed by atoms with E-state index >= 15 is 0 Å².